The minimum absolute atomic E-state index is 0.323. The van der Waals surface area contributed by atoms with Crippen LogP contribution in [-0.2, 0) is 10.8 Å². The van der Waals surface area contributed by atoms with Gasteiger partial charge in [0.2, 0.25) is 0 Å². The highest BCUT2D eigenvalue weighted by molar-refractivity contribution is 7.99. The van der Waals surface area contributed by atoms with E-state index in [0.717, 1.165) is 23.7 Å². The Bertz CT molecular complexity index is 151. The minimum Gasteiger partial charge on any atom is -0.260 e. The van der Waals surface area contributed by atoms with Crippen molar-refractivity contribution in [1.29, 1.82) is 0 Å². The first-order valence-corrected chi connectivity index (χ1v) is 7.04. The molecule has 1 nitrogen and oxygen atoms in total. The average molecular weight is 213 g/mol. The van der Waals surface area contributed by atoms with Gasteiger partial charge in [0.15, 0.2) is 0 Å². The van der Waals surface area contributed by atoms with Gasteiger partial charge in [-0.25, -0.2) is 0 Å². The molecule has 0 radical (unpaired) electrons. The zero-order valence-electron chi connectivity index (χ0n) is 6.59. The summed E-state index contributed by atoms with van der Waals surface area (Å²) in [5, 5.41) is 0.323. The third kappa shape index (κ3) is 3.34. The zero-order valence-corrected chi connectivity index (χ0v) is 8.97. The van der Waals surface area contributed by atoms with Crippen LogP contribution >= 0.6 is 23.4 Å². The predicted molar refractivity (Wildman–Crippen MR) is 54.0 cm³/mol. The molecule has 1 fully saturated rings. The topological polar surface area (TPSA) is 17.1 Å². The van der Waals surface area contributed by atoms with E-state index in [0.29, 0.717) is 11.3 Å². The van der Waals surface area contributed by atoms with Gasteiger partial charge in [0.25, 0.3) is 0 Å². The highest BCUT2D eigenvalue weighted by atomic mass is 35.5. The van der Waals surface area contributed by atoms with Gasteiger partial charge >= 0.3 is 0 Å². The molecule has 0 saturated carbocycles. The van der Waals surface area contributed by atoms with Crippen molar-refractivity contribution in [3.63, 3.8) is 0 Å². The van der Waals surface area contributed by atoms with E-state index >= 15 is 0 Å². The highest BCUT2D eigenvalue weighted by Crippen LogP contribution is 2.30. The van der Waals surface area contributed by atoms with Gasteiger partial charge in [0.1, 0.15) is 0 Å². The van der Waals surface area contributed by atoms with Gasteiger partial charge in [-0.05, 0) is 18.1 Å². The molecule has 66 valence electrons. The first-order chi connectivity index (χ1) is 5.20. The first kappa shape index (κ1) is 9.87. The fraction of sp³-hybridized carbons (Fsp3) is 1.00. The van der Waals surface area contributed by atoms with Gasteiger partial charge in [0.05, 0.1) is 0 Å². The van der Waals surface area contributed by atoms with E-state index < -0.39 is 10.8 Å². The van der Waals surface area contributed by atoms with Gasteiger partial charge in [-0.3, -0.25) is 4.21 Å². The van der Waals surface area contributed by atoms with Crippen molar-refractivity contribution < 1.29 is 4.21 Å². The van der Waals surface area contributed by atoms with Crippen LogP contribution in [0.5, 0.6) is 0 Å². The van der Waals surface area contributed by atoms with E-state index in [1.165, 1.54) is 0 Å². The molecule has 1 rings (SSSR count). The molecule has 0 aromatic carbocycles. The minimum atomic E-state index is -0.644. The fourth-order valence-corrected chi connectivity index (χ4v) is 3.71. The Kier molecular flexibility index (Phi) is 4.24. The molecule has 0 amide bonds. The van der Waals surface area contributed by atoms with E-state index in [2.05, 4.69) is 0 Å². The Morgan fingerprint density at radius 1 is 1.64 bits per heavy atom. The third-order valence-electron chi connectivity index (χ3n) is 1.90. The lowest BCUT2D eigenvalue weighted by Gasteiger charge is -2.10. The lowest BCUT2D eigenvalue weighted by atomic mass is 10.1. The van der Waals surface area contributed by atoms with Crippen molar-refractivity contribution >= 4 is 34.2 Å². The maximum Gasteiger partial charge on any atom is 0.0462 e. The van der Waals surface area contributed by atoms with Crippen LogP contribution in [0.4, 0.5) is 0 Å². The van der Waals surface area contributed by atoms with Gasteiger partial charge < -0.3 is 0 Å². The smallest absolute Gasteiger partial charge is 0.0462 e. The summed E-state index contributed by atoms with van der Waals surface area (Å²) in [6.45, 7) is 0. The molecule has 4 heteroatoms. The van der Waals surface area contributed by atoms with Crippen LogP contribution in [0.15, 0.2) is 0 Å². The number of hydrogen-bond acceptors (Lipinski definition) is 2. The molecule has 0 spiro atoms. The number of alkyl halides is 1. The molecule has 1 aliphatic heterocycles. The van der Waals surface area contributed by atoms with Crippen LogP contribution in [-0.4, -0.2) is 33.1 Å². The van der Waals surface area contributed by atoms with Gasteiger partial charge in [-0.15, -0.1) is 11.6 Å². The number of thioether (sulfide) groups is 1. The molecule has 11 heavy (non-hydrogen) atoms. The maximum absolute atomic E-state index is 10.8. The maximum atomic E-state index is 10.8. The molecule has 3 unspecified atom stereocenters. The van der Waals surface area contributed by atoms with Crippen LogP contribution in [0.2, 0.25) is 0 Å². The fourth-order valence-electron chi connectivity index (χ4n) is 1.15. The zero-order chi connectivity index (χ0) is 8.27. The molecule has 1 heterocycles. The van der Waals surface area contributed by atoms with E-state index in [1.807, 2.05) is 11.8 Å². The van der Waals surface area contributed by atoms with Crippen LogP contribution in [0.25, 0.3) is 0 Å². The van der Waals surface area contributed by atoms with Crippen molar-refractivity contribution in [2.24, 2.45) is 5.92 Å². The van der Waals surface area contributed by atoms with Crippen LogP contribution in [0.1, 0.15) is 6.42 Å². The molecule has 0 aliphatic carbocycles. The Labute approximate surface area is 79.7 Å². The van der Waals surface area contributed by atoms with Crippen LogP contribution < -0.4 is 0 Å². The van der Waals surface area contributed by atoms with Crippen molar-refractivity contribution in [2.45, 2.75) is 11.8 Å². The average Bonchev–Trinajstić information content (AvgIpc) is 2.31. The largest absolute Gasteiger partial charge is 0.260 e. The van der Waals surface area contributed by atoms with Gasteiger partial charge in [-0.1, -0.05) is 0 Å². The molecule has 3 atom stereocenters. The quantitative estimate of drug-likeness (QED) is 0.663. The molecular formula is C7H13ClOS2. The van der Waals surface area contributed by atoms with Crippen molar-refractivity contribution in [3.05, 3.63) is 0 Å². The molecular weight excluding hydrogens is 200 g/mol. The summed E-state index contributed by atoms with van der Waals surface area (Å²) >= 11 is 7.95. The standard InChI is InChI=1S/C7H13ClOS2/c1-11(9)3-2-6-4-10-5-7(6)8/h6-7H,2-5H2,1H3. The number of halogens is 1. The summed E-state index contributed by atoms with van der Waals surface area (Å²) in [5.74, 6) is 3.65. The van der Waals surface area contributed by atoms with Crippen LogP contribution in [0.3, 0.4) is 0 Å². The Balaban J connectivity index is 2.20. The molecule has 0 bridgehead atoms. The summed E-state index contributed by atoms with van der Waals surface area (Å²) < 4.78 is 10.8. The van der Waals surface area contributed by atoms with Crippen molar-refractivity contribution in [3.8, 4) is 0 Å². The SMILES string of the molecule is CS(=O)CCC1CSCC1Cl. The normalized spacial score (nSPS) is 34.0. The molecule has 1 aliphatic rings. The summed E-state index contributed by atoms with van der Waals surface area (Å²) in [7, 11) is -0.644. The third-order valence-corrected chi connectivity index (χ3v) is 4.66. The van der Waals surface area contributed by atoms with E-state index in [1.54, 1.807) is 6.26 Å². The van der Waals surface area contributed by atoms with E-state index in [9.17, 15) is 4.21 Å². The second-order valence-corrected chi connectivity index (χ2v) is 6.07. The molecule has 0 aromatic heterocycles. The molecule has 0 N–H and O–H groups in total. The van der Waals surface area contributed by atoms with Crippen LogP contribution in [0, 0.1) is 5.92 Å². The van der Waals surface area contributed by atoms with E-state index in [4.69, 9.17) is 11.6 Å². The number of rotatable bonds is 3. The first-order valence-electron chi connectivity index (χ1n) is 3.72. The summed E-state index contributed by atoms with van der Waals surface area (Å²) in [4.78, 5) is 0. The summed E-state index contributed by atoms with van der Waals surface area (Å²) in [6.07, 6.45) is 2.79. The highest BCUT2D eigenvalue weighted by Gasteiger charge is 2.25. The second kappa shape index (κ2) is 4.73. The Morgan fingerprint density at radius 2 is 2.36 bits per heavy atom. The Hall–Kier alpha value is 0.790. The van der Waals surface area contributed by atoms with E-state index in [-0.39, 0.29) is 0 Å². The monoisotopic (exact) mass is 212 g/mol. The molecule has 1 saturated heterocycles. The lowest BCUT2D eigenvalue weighted by molar-refractivity contribution is 0.584. The number of hydrogen-bond donors (Lipinski definition) is 0. The van der Waals surface area contributed by atoms with Crippen molar-refractivity contribution in [2.75, 3.05) is 23.5 Å². The van der Waals surface area contributed by atoms with Gasteiger partial charge in [-0.2, -0.15) is 11.8 Å². The summed E-state index contributed by atoms with van der Waals surface area (Å²) in [5.41, 5.74) is 0. The Morgan fingerprint density at radius 3 is 2.82 bits per heavy atom. The predicted octanol–water partition coefficient (Wildman–Crippen LogP) is 1.73. The van der Waals surface area contributed by atoms with Gasteiger partial charge in [0, 0.05) is 33.9 Å². The lowest BCUT2D eigenvalue weighted by Crippen LogP contribution is -2.14. The molecule has 0 aromatic rings. The second-order valence-electron chi connectivity index (χ2n) is 2.88. The summed E-state index contributed by atoms with van der Waals surface area (Å²) in [6, 6.07) is 0. The van der Waals surface area contributed by atoms with Crippen molar-refractivity contribution in [1.82, 2.24) is 0 Å².